The van der Waals surface area contributed by atoms with Gasteiger partial charge in [-0.25, -0.2) is 4.79 Å². The van der Waals surface area contributed by atoms with Crippen molar-refractivity contribution in [3.05, 3.63) is 29.8 Å². The zero-order valence-corrected chi connectivity index (χ0v) is 10.6. The Morgan fingerprint density at radius 1 is 1.39 bits per heavy atom. The van der Waals surface area contributed by atoms with Crippen molar-refractivity contribution in [3.8, 4) is 0 Å². The monoisotopic (exact) mass is 247 g/mol. The van der Waals surface area contributed by atoms with Gasteiger partial charge in [-0.05, 0) is 11.6 Å². The van der Waals surface area contributed by atoms with Crippen molar-refractivity contribution in [3.63, 3.8) is 0 Å². The lowest BCUT2D eigenvalue weighted by molar-refractivity contribution is -0.118. The van der Waals surface area contributed by atoms with E-state index in [0.717, 1.165) is 12.2 Å². The minimum atomic E-state index is -0.472. The number of carbonyl (C=O) groups excluding carboxylic acids is 2. The van der Waals surface area contributed by atoms with Crippen LogP contribution in [0.3, 0.4) is 0 Å². The van der Waals surface area contributed by atoms with E-state index in [0.29, 0.717) is 5.92 Å². The first kappa shape index (κ1) is 12.4. The molecule has 0 aromatic heterocycles. The summed E-state index contributed by atoms with van der Waals surface area (Å²) in [6.45, 7) is 3.14. The van der Waals surface area contributed by atoms with E-state index < -0.39 is 6.03 Å². The van der Waals surface area contributed by atoms with Gasteiger partial charge in [-0.2, -0.15) is 0 Å². The standard InChI is InChI=1S/C13H17N3O2/c1-9-7-16(8-12(17)15-13(18)14-2)11-6-4-3-5-10(9)11/h3-6,9H,7-8H2,1-2H3,(H2,14,15,17,18)/t9-/m1/s1. The van der Waals surface area contributed by atoms with Crippen LogP contribution in [0.1, 0.15) is 18.4 Å². The van der Waals surface area contributed by atoms with Crippen LogP contribution < -0.4 is 15.5 Å². The minimum Gasteiger partial charge on any atom is -0.361 e. The van der Waals surface area contributed by atoms with Gasteiger partial charge >= 0.3 is 6.03 Å². The molecular weight excluding hydrogens is 230 g/mol. The molecule has 1 aromatic carbocycles. The number of hydrogen-bond donors (Lipinski definition) is 2. The average molecular weight is 247 g/mol. The molecular formula is C13H17N3O2. The molecule has 0 saturated heterocycles. The molecule has 2 N–H and O–H groups in total. The second-order valence-electron chi connectivity index (χ2n) is 4.47. The maximum absolute atomic E-state index is 11.7. The fourth-order valence-corrected chi connectivity index (χ4v) is 2.27. The Morgan fingerprint density at radius 2 is 2.11 bits per heavy atom. The van der Waals surface area contributed by atoms with Crippen molar-refractivity contribution >= 4 is 17.6 Å². The van der Waals surface area contributed by atoms with Crippen LogP contribution in [-0.4, -0.2) is 32.1 Å². The van der Waals surface area contributed by atoms with Crippen LogP contribution in [0, 0.1) is 0 Å². The minimum absolute atomic E-state index is 0.203. The third-order valence-electron chi connectivity index (χ3n) is 3.12. The maximum atomic E-state index is 11.7. The highest BCUT2D eigenvalue weighted by molar-refractivity contribution is 5.96. The third kappa shape index (κ3) is 2.45. The Bertz CT molecular complexity index is 473. The molecule has 0 radical (unpaired) electrons. The van der Waals surface area contributed by atoms with Gasteiger partial charge in [-0.15, -0.1) is 0 Å². The summed E-state index contributed by atoms with van der Waals surface area (Å²) < 4.78 is 0. The highest BCUT2D eigenvalue weighted by atomic mass is 16.2. The van der Waals surface area contributed by atoms with Gasteiger partial charge in [0.2, 0.25) is 5.91 Å². The van der Waals surface area contributed by atoms with Gasteiger partial charge in [-0.3, -0.25) is 10.1 Å². The number of benzene rings is 1. The lowest BCUT2D eigenvalue weighted by Gasteiger charge is -2.18. The third-order valence-corrected chi connectivity index (χ3v) is 3.12. The molecule has 0 bridgehead atoms. The van der Waals surface area contributed by atoms with E-state index >= 15 is 0 Å². The Labute approximate surface area is 106 Å². The molecule has 2 rings (SSSR count). The van der Waals surface area contributed by atoms with Crippen LogP contribution in [0.2, 0.25) is 0 Å². The number of nitrogens with zero attached hydrogens (tertiary/aromatic N) is 1. The maximum Gasteiger partial charge on any atom is 0.321 e. The molecule has 0 fully saturated rings. The molecule has 5 heteroatoms. The first-order valence-electron chi connectivity index (χ1n) is 5.97. The van der Waals surface area contributed by atoms with Crippen LogP contribution in [0.25, 0.3) is 0 Å². The smallest absolute Gasteiger partial charge is 0.321 e. The zero-order chi connectivity index (χ0) is 13.1. The second kappa shape index (κ2) is 5.08. The Hall–Kier alpha value is -2.04. The molecule has 0 aliphatic carbocycles. The summed E-state index contributed by atoms with van der Waals surface area (Å²) in [6, 6.07) is 7.58. The number of para-hydroxylation sites is 1. The summed E-state index contributed by atoms with van der Waals surface area (Å²) in [4.78, 5) is 24.7. The molecule has 3 amide bonds. The predicted molar refractivity (Wildman–Crippen MR) is 69.7 cm³/mol. The largest absolute Gasteiger partial charge is 0.361 e. The van der Waals surface area contributed by atoms with Gasteiger partial charge < -0.3 is 10.2 Å². The fourth-order valence-electron chi connectivity index (χ4n) is 2.27. The number of carbonyl (C=O) groups is 2. The SMILES string of the molecule is CNC(=O)NC(=O)CN1C[C@@H](C)c2ccccc21. The lowest BCUT2D eigenvalue weighted by Crippen LogP contribution is -2.43. The van der Waals surface area contributed by atoms with Crippen LogP contribution >= 0.6 is 0 Å². The predicted octanol–water partition coefficient (Wildman–Crippen LogP) is 1.07. The average Bonchev–Trinajstić information content (AvgIpc) is 2.67. The molecule has 0 saturated carbocycles. The summed E-state index contributed by atoms with van der Waals surface area (Å²) in [5.74, 6) is 0.118. The Morgan fingerprint density at radius 3 is 2.83 bits per heavy atom. The molecule has 1 aliphatic heterocycles. The van der Waals surface area contributed by atoms with Crippen molar-refractivity contribution in [2.24, 2.45) is 0 Å². The van der Waals surface area contributed by atoms with Crippen LogP contribution in [0.5, 0.6) is 0 Å². The van der Waals surface area contributed by atoms with E-state index in [2.05, 4.69) is 23.6 Å². The molecule has 0 spiro atoms. The van der Waals surface area contributed by atoms with Crippen LogP contribution in [-0.2, 0) is 4.79 Å². The summed E-state index contributed by atoms with van der Waals surface area (Å²) in [5.41, 5.74) is 2.34. The van der Waals surface area contributed by atoms with Crippen molar-refractivity contribution in [1.29, 1.82) is 0 Å². The summed E-state index contributed by atoms with van der Waals surface area (Å²) in [6.07, 6.45) is 0. The molecule has 1 aromatic rings. The number of urea groups is 1. The van der Waals surface area contributed by atoms with Gasteiger partial charge in [0, 0.05) is 25.2 Å². The van der Waals surface area contributed by atoms with Crippen molar-refractivity contribution in [2.45, 2.75) is 12.8 Å². The van der Waals surface area contributed by atoms with Crippen molar-refractivity contribution in [1.82, 2.24) is 10.6 Å². The number of anilines is 1. The zero-order valence-electron chi connectivity index (χ0n) is 10.6. The molecule has 96 valence electrons. The van der Waals surface area contributed by atoms with E-state index in [1.165, 1.54) is 12.6 Å². The second-order valence-corrected chi connectivity index (χ2v) is 4.47. The Balaban J connectivity index is 2.04. The van der Waals surface area contributed by atoms with Crippen molar-refractivity contribution in [2.75, 3.05) is 25.0 Å². The quantitative estimate of drug-likeness (QED) is 0.821. The molecule has 0 unspecified atom stereocenters. The molecule has 1 aliphatic rings. The number of imide groups is 1. The van der Waals surface area contributed by atoms with Crippen molar-refractivity contribution < 1.29 is 9.59 Å². The summed E-state index contributed by atoms with van der Waals surface area (Å²) in [5, 5.41) is 4.63. The first-order valence-corrected chi connectivity index (χ1v) is 5.97. The number of amides is 3. The summed E-state index contributed by atoms with van der Waals surface area (Å²) in [7, 11) is 1.48. The summed E-state index contributed by atoms with van der Waals surface area (Å²) >= 11 is 0. The van der Waals surface area contributed by atoms with Gasteiger partial charge in [0.15, 0.2) is 0 Å². The van der Waals surface area contributed by atoms with Gasteiger partial charge in [0.1, 0.15) is 0 Å². The topological polar surface area (TPSA) is 61.4 Å². The van der Waals surface area contributed by atoms with Crippen LogP contribution in [0.15, 0.2) is 24.3 Å². The van der Waals surface area contributed by atoms with Crippen LogP contribution in [0.4, 0.5) is 10.5 Å². The van der Waals surface area contributed by atoms with E-state index in [9.17, 15) is 9.59 Å². The Kier molecular flexibility index (Phi) is 3.50. The van der Waals surface area contributed by atoms with Gasteiger partial charge in [0.25, 0.3) is 0 Å². The molecule has 1 atom stereocenters. The molecule has 1 heterocycles. The number of rotatable bonds is 2. The molecule has 18 heavy (non-hydrogen) atoms. The first-order chi connectivity index (χ1) is 8.61. The highest BCUT2D eigenvalue weighted by Gasteiger charge is 2.26. The van der Waals surface area contributed by atoms with E-state index in [1.807, 2.05) is 23.1 Å². The lowest BCUT2D eigenvalue weighted by atomic mass is 10.0. The molecule has 5 nitrogen and oxygen atoms in total. The number of nitrogens with one attached hydrogen (secondary N) is 2. The van der Waals surface area contributed by atoms with E-state index in [4.69, 9.17) is 0 Å². The number of hydrogen-bond acceptors (Lipinski definition) is 3. The van der Waals surface area contributed by atoms with Gasteiger partial charge in [0.05, 0.1) is 6.54 Å². The highest BCUT2D eigenvalue weighted by Crippen LogP contribution is 2.35. The van der Waals surface area contributed by atoms with Gasteiger partial charge in [-0.1, -0.05) is 25.1 Å². The van der Waals surface area contributed by atoms with E-state index in [1.54, 1.807) is 0 Å². The number of fused-ring (bicyclic) bond motifs is 1. The normalized spacial score (nSPS) is 17.2. The van der Waals surface area contributed by atoms with E-state index in [-0.39, 0.29) is 12.5 Å². The fraction of sp³-hybridized carbons (Fsp3) is 0.385.